The number of hydrogen-bond acceptors (Lipinski definition) is 4. The lowest BCUT2D eigenvalue weighted by Gasteiger charge is -2.31. The first-order valence-electron chi connectivity index (χ1n) is 10.5. The molecule has 2 heterocycles. The largest absolute Gasteiger partial charge is 0.338 e. The zero-order valence-electron chi connectivity index (χ0n) is 17.8. The monoisotopic (exact) mass is 450 g/mol. The number of benzene rings is 2. The van der Waals surface area contributed by atoms with Gasteiger partial charge in [0.1, 0.15) is 0 Å². The van der Waals surface area contributed by atoms with Gasteiger partial charge in [-0.3, -0.25) is 9.59 Å². The van der Waals surface area contributed by atoms with Gasteiger partial charge >= 0.3 is 0 Å². The summed E-state index contributed by atoms with van der Waals surface area (Å²) in [6.07, 6.45) is 1.40. The van der Waals surface area contributed by atoms with Crippen molar-refractivity contribution in [1.29, 1.82) is 0 Å². The molecule has 0 atom stereocenters. The summed E-state index contributed by atoms with van der Waals surface area (Å²) in [5.41, 5.74) is 3.32. The minimum atomic E-state index is -0.0589. The maximum Gasteiger partial charge on any atom is 0.263 e. The zero-order valence-corrected chi connectivity index (χ0v) is 19.4. The Balaban J connectivity index is 1.30. The molecule has 1 saturated heterocycles. The maximum atomic E-state index is 12.7. The van der Waals surface area contributed by atoms with Gasteiger partial charge in [0.05, 0.1) is 4.88 Å². The number of aryl methyl sites for hydroxylation is 2. The number of nitrogens with one attached hydrogen (secondary N) is 1. The topological polar surface area (TPSA) is 49.4 Å². The lowest BCUT2D eigenvalue weighted by atomic mass is 9.95. The molecule has 1 aromatic heterocycles. The van der Waals surface area contributed by atoms with E-state index in [1.165, 1.54) is 27.4 Å². The van der Waals surface area contributed by atoms with Gasteiger partial charge in [-0.1, -0.05) is 30.0 Å². The van der Waals surface area contributed by atoms with E-state index < -0.39 is 0 Å². The standard InChI is InChI=1S/C25H26N2O2S2/c1-17-5-6-18(2)23(16-17)31-21-9-7-20(8-10-21)26-24(28)19-11-13-27(14-12-19)25(29)22-4-3-15-30-22/h3-10,15-16,19H,11-14H2,1-2H3,(H,26,28). The van der Waals surface area contributed by atoms with Crippen LogP contribution in [0.25, 0.3) is 0 Å². The third-order valence-electron chi connectivity index (χ3n) is 5.58. The summed E-state index contributed by atoms with van der Waals surface area (Å²) in [6, 6.07) is 18.2. The third kappa shape index (κ3) is 5.38. The second kappa shape index (κ2) is 9.71. The van der Waals surface area contributed by atoms with Crippen molar-refractivity contribution in [2.24, 2.45) is 5.92 Å². The molecule has 1 fully saturated rings. The molecule has 6 heteroatoms. The van der Waals surface area contributed by atoms with E-state index in [0.29, 0.717) is 25.9 Å². The first-order chi connectivity index (χ1) is 15.0. The summed E-state index contributed by atoms with van der Waals surface area (Å²) in [5, 5.41) is 4.96. The van der Waals surface area contributed by atoms with Crippen LogP contribution in [0.2, 0.25) is 0 Å². The van der Waals surface area contributed by atoms with Crippen molar-refractivity contribution < 1.29 is 9.59 Å². The number of likely N-dealkylation sites (tertiary alicyclic amines) is 1. The number of anilines is 1. The van der Waals surface area contributed by atoms with Crippen molar-refractivity contribution in [3.8, 4) is 0 Å². The van der Waals surface area contributed by atoms with Crippen molar-refractivity contribution in [3.63, 3.8) is 0 Å². The molecule has 4 nitrogen and oxygen atoms in total. The molecule has 0 spiro atoms. The molecule has 1 aliphatic heterocycles. The molecule has 2 amide bonds. The smallest absolute Gasteiger partial charge is 0.263 e. The molecular weight excluding hydrogens is 424 g/mol. The normalized spacial score (nSPS) is 14.5. The van der Waals surface area contributed by atoms with Gasteiger partial charge in [0.2, 0.25) is 5.91 Å². The first kappa shape index (κ1) is 21.7. The molecule has 0 bridgehead atoms. The van der Waals surface area contributed by atoms with Crippen LogP contribution in [0.4, 0.5) is 5.69 Å². The molecule has 2 aromatic carbocycles. The highest BCUT2D eigenvalue weighted by molar-refractivity contribution is 7.99. The van der Waals surface area contributed by atoms with Gasteiger partial charge in [-0.15, -0.1) is 11.3 Å². The number of hydrogen-bond donors (Lipinski definition) is 1. The quantitative estimate of drug-likeness (QED) is 0.518. The van der Waals surface area contributed by atoms with Crippen molar-refractivity contribution in [3.05, 3.63) is 76.0 Å². The maximum absolute atomic E-state index is 12.7. The minimum Gasteiger partial charge on any atom is -0.338 e. The van der Waals surface area contributed by atoms with Crippen LogP contribution in [0, 0.1) is 19.8 Å². The molecule has 1 aliphatic rings. The van der Waals surface area contributed by atoms with E-state index >= 15 is 0 Å². The fourth-order valence-electron chi connectivity index (χ4n) is 3.70. The fourth-order valence-corrected chi connectivity index (χ4v) is 5.39. The van der Waals surface area contributed by atoms with Gasteiger partial charge in [-0.2, -0.15) is 0 Å². The number of carbonyl (C=O) groups excluding carboxylic acids is 2. The van der Waals surface area contributed by atoms with Crippen LogP contribution in [0.15, 0.2) is 69.8 Å². The summed E-state index contributed by atoms with van der Waals surface area (Å²) in [6.45, 7) is 5.47. The second-order valence-corrected chi connectivity index (χ2v) is 9.99. The van der Waals surface area contributed by atoms with Gasteiger partial charge in [-0.25, -0.2) is 0 Å². The second-order valence-electron chi connectivity index (χ2n) is 7.93. The molecule has 4 rings (SSSR count). The number of thiophene rings is 1. The molecule has 160 valence electrons. The van der Waals surface area contributed by atoms with E-state index in [1.54, 1.807) is 11.8 Å². The Kier molecular flexibility index (Phi) is 6.78. The van der Waals surface area contributed by atoms with Crippen LogP contribution in [-0.4, -0.2) is 29.8 Å². The SMILES string of the molecule is Cc1ccc(C)c(Sc2ccc(NC(=O)C3CCN(C(=O)c4cccs4)CC3)cc2)c1. The van der Waals surface area contributed by atoms with Crippen LogP contribution in [0.1, 0.15) is 33.6 Å². The summed E-state index contributed by atoms with van der Waals surface area (Å²) >= 11 is 3.20. The molecule has 3 aromatic rings. The average molecular weight is 451 g/mol. The van der Waals surface area contributed by atoms with E-state index in [4.69, 9.17) is 0 Å². The van der Waals surface area contributed by atoms with Gasteiger partial charge in [-0.05, 0) is 79.6 Å². The lowest BCUT2D eigenvalue weighted by molar-refractivity contribution is -0.121. The van der Waals surface area contributed by atoms with Gasteiger partial charge in [0, 0.05) is 34.5 Å². The Labute approximate surface area is 191 Å². The first-order valence-corrected chi connectivity index (χ1v) is 12.2. The number of nitrogens with zero attached hydrogens (tertiary/aromatic N) is 1. The number of rotatable bonds is 5. The fraction of sp³-hybridized carbons (Fsp3) is 0.280. The van der Waals surface area contributed by atoms with Crippen LogP contribution in [0.5, 0.6) is 0 Å². The van der Waals surface area contributed by atoms with Crippen LogP contribution >= 0.6 is 23.1 Å². The van der Waals surface area contributed by atoms with Crippen molar-refractivity contribution >= 4 is 40.6 Å². The number of amides is 2. The molecule has 0 radical (unpaired) electrons. The van der Waals surface area contributed by atoms with E-state index in [-0.39, 0.29) is 17.7 Å². The highest BCUT2D eigenvalue weighted by Gasteiger charge is 2.28. The summed E-state index contributed by atoms with van der Waals surface area (Å²) in [5.74, 6) is 0.0559. The molecule has 0 saturated carbocycles. The predicted molar refractivity (Wildman–Crippen MR) is 128 cm³/mol. The van der Waals surface area contributed by atoms with E-state index in [1.807, 2.05) is 46.7 Å². The lowest BCUT2D eigenvalue weighted by Crippen LogP contribution is -2.41. The summed E-state index contributed by atoms with van der Waals surface area (Å²) in [4.78, 5) is 30.2. The molecule has 0 unspecified atom stereocenters. The Morgan fingerprint density at radius 2 is 1.77 bits per heavy atom. The third-order valence-corrected chi connectivity index (χ3v) is 7.60. The summed E-state index contributed by atoms with van der Waals surface area (Å²) < 4.78 is 0. The molecule has 1 N–H and O–H groups in total. The van der Waals surface area contributed by atoms with Crippen molar-refractivity contribution in [2.45, 2.75) is 36.5 Å². The van der Waals surface area contributed by atoms with Crippen LogP contribution in [0.3, 0.4) is 0 Å². The summed E-state index contributed by atoms with van der Waals surface area (Å²) in [7, 11) is 0. The minimum absolute atomic E-state index is 0.0400. The molecule has 0 aliphatic carbocycles. The van der Waals surface area contributed by atoms with E-state index in [0.717, 1.165) is 15.5 Å². The van der Waals surface area contributed by atoms with Crippen LogP contribution in [-0.2, 0) is 4.79 Å². The Morgan fingerprint density at radius 3 is 2.45 bits per heavy atom. The zero-order chi connectivity index (χ0) is 21.8. The van der Waals surface area contributed by atoms with Gasteiger partial charge in [0.15, 0.2) is 0 Å². The van der Waals surface area contributed by atoms with Crippen molar-refractivity contribution in [1.82, 2.24) is 4.90 Å². The van der Waals surface area contributed by atoms with Crippen LogP contribution < -0.4 is 5.32 Å². The highest BCUT2D eigenvalue weighted by Crippen LogP contribution is 2.32. The highest BCUT2D eigenvalue weighted by atomic mass is 32.2. The Morgan fingerprint density at radius 1 is 1.03 bits per heavy atom. The van der Waals surface area contributed by atoms with Crippen molar-refractivity contribution in [2.75, 3.05) is 18.4 Å². The Hall–Kier alpha value is -2.57. The van der Waals surface area contributed by atoms with E-state index in [2.05, 4.69) is 37.4 Å². The average Bonchev–Trinajstić information content (AvgIpc) is 3.32. The Bertz CT molecular complexity index is 1050. The molecule has 31 heavy (non-hydrogen) atoms. The van der Waals surface area contributed by atoms with Gasteiger partial charge in [0.25, 0.3) is 5.91 Å². The number of piperidine rings is 1. The molecular formula is C25H26N2O2S2. The number of carbonyl (C=O) groups is 2. The van der Waals surface area contributed by atoms with E-state index in [9.17, 15) is 9.59 Å². The van der Waals surface area contributed by atoms with Gasteiger partial charge < -0.3 is 10.2 Å². The predicted octanol–water partition coefficient (Wildman–Crippen LogP) is 6.01.